The first-order valence-corrected chi connectivity index (χ1v) is 11.6. The lowest BCUT2D eigenvalue weighted by atomic mass is 10.0. The molecule has 1 fully saturated rings. The first kappa shape index (κ1) is 21.2. The zero-order chi connectivity index (χ0) is 22.5. The van der Waals surface area contributed by atoms with Gasteiger partial charge in [-0.2, -0.15) is 0 Å². The van der Waals surface area contributed by atoms with Crippen LogP contribution in [0.25, 0.3) is 11.3 Å². The summed E-state index contributed by atoms with van der Waals surface area (Å²) in [6, 6.07) is 30.4. The fourth-order valence-corrected chi connectivity index (χ4v) is 4.59. The molecule has 1 aliphatic heterocycles. The first-order valence-electron chi connectivity index (χ1n) is 11.2. The van der Waals surface area contributed by atoms with Crippen LogP contribution in [0.15, 0.2) is 102 Å². The molecule has 0 unspecified atom stereocenters. The molecule has 2 atom stereocenters. The van der Waals surface area contributed by atoms with Crippen molar-refractivity contribution in [3.63, 3.8) is 0 Å². The Morgan fingerprint density at radius 3 is 2.42 bits per heavy atom. The maximum absolute atomic E-state index is 6.37. The summed E-state index contributed by atoms with van der Waals surface area (Å²) in [5.41, 5.74) is 3.14. The molecule has 6 heteroatoms. The largest absolute Gasteiger partial charge is 0.459 e. The summed E-state index contributed by atoms with van der Waals surface area (Å²) < 4.78 is 6.37. The van der Waals surface area contributed by atoms with E-state index in [1.54, 1.807) is 0 Å². The van der Waals surface area contributed by atoms with Gasteiger partial charge in [0, 0.05) is 30.5 Å². The van der Waals surface area contributed by atoms with Gasteiger partial charge in [0.05, 0.1) is 11.7 Å². The van der Waals surface area contributed by atoms with E-state index < -0.39 is 0 Å². The van der Waals surface area contributed by atoms with E-state index in [4.69, 9.17) is 16.6 Å². The highest BCUT2D eigenvalue weighted by atomic mass is 32.1. The van der Waals surface area contributed by atoms with Crippen LogP contribution in [0.4, 0.5) is 5.69 Å². The molecule has 0 aliphatic carbocycles. The molecule has 1 saturated heterocycles. The number of aromatic nitrogens is 1. The average molecular weight is 455 g/mol. The third kappa shape index (κ3) is 4.76. The van der Waals surface area contributed by atoms with Crippen molar-refractivity contribution in [2.45, 2.75) is 18.5 Å². The quantitative estimate of drug-likeness (QED) is 0.259. The summed E-state index contributed by atoms with van der Waals surface area (Å²) in [6.45, 7) is 1.67. The predicted octanol–water partition coefficient (Wildman–Crippen LogP) is 5.82. The monoisotopic (exact) mass is 454 g/mol. The molecule has 33 heavy (non-hydrogen) atoms. The van der Waals surface area contributed by atoms with Gasteiger partial charge in [-0.15, -0.1) is 0 Å². The second-order valence-electron chi connectivity index (χ2n) is 8.03. The number of para-hydroxylation sites is 1. The average Bonchev–Trinajstić information content (AvgIpc) is 3.48. The molecule has 2 aromatic carbocycles. The number of benzene rings is 2. The van der Waals surface area contributed by atoms with Crippen LogP contribution >= 0.6 is 12.2 Å². The smallest absolute Gasteiger partial charge is 0.170 e. The lowest BCUT2D eigenvalue weighted by Crippen LogP contribution is -2.31. The van der Waals surface area contributed by atoms with Gasteiger partial charge >= 0.3 is 0 Å². The summed E-state index contributed by atoms with van der Waals surface area (Å²) in [5, 5.41) is 7.70. The first-order chi connectivity index (χ1) is 16.3. The minimum atomic E-state index is -0.0736. The normalized spacial score (nSPS) is 17.7. The molecule has 0 amide bonds. The van der Waals surface area contributed by atoms with Crippen LogP contribution < -0.4 is 10.6 Å². The molecule has 0 bridgehead atoms. The lowest BCUT2D eigenvalue weighted by Gasteiger charge is -2.26. The minimum absolute atomic E-state index is 0.0680. The SMILES string of the molecule is S=C1N[C@@H](c2ccccn2)[C@H](c2ccc(-c3ccccc3)o2)N1CCCNc1ccccc1. The molecular formula is C27H26N4OS. The zero-order valence-electron chi connectivity index (χ0n) is 18.2. The summed E-state index contributed by atoms with van der Waals surface area (Å²) >= 11 is 5.76. The van der Waals surface area contributed by atoms with Crippen LogP contribution in [-0.2, 0) is 0 Å². The number of anilines is 1. The number of furan rings is 1. The van der Waals surface area contributed by atoms with E-state index in [2.05, 4.69) is 50.8 Å². The van der Waals surface area contributed by atoms with Gasteiger partial charge in [-0.25, -0.2) is 0 Å². The van der Waals surface area contributed by atoms with Gasteiger partial charge in [0.2, 0.25) is 0 Å². The molecule has 1 aliphatic rings. The third-order valence-electron chi connectivity index (χ3n) is 5.85. The van der Waals surface area contributed by atoms with Crippen molar-refractivity contribution in [1.29, 1.82) is 0 Å². The van der Waals surface area contributed by atoms with Crippen molar-refractivity contribution < 1.29 is 4.42 Å². The lowest BCUT2D eigenvalue weighted by molar-refractivity contribution is 0.274. The number of rotatable bonds is 8. The van der Waals surface area contributed by atoms with Crippen molar-refractivity contribution in [2.24, 2.45) is 0 Å². The fraction of sp³-hybridized carbons (Fsp3) is 0.185. The van der Waals surface area contributed by atoms with Crippen molar-refractivity contribution in [1.82, 2.24) is 15.2 Å². The Hall–Kier alpha value is -3.64. The van der Waals surface area contributed by atoms with Gasteiger partial charge in [-0.3, -0.25) is 4.98 Å². The maximum Gasteiger partial charge on any atom is 0.170 e. The van der Waals surface area contributed by atoms with Crippen molar-refractivity contribution in [2.75, 3.05) is 18.4 Å². The highest BCUT2D eigenvalue weighted by Crippen LogP contribution is 2.40. The van der Waals surface area contributed by atoms with Gasteiger partial charge in [0.25, 0.3) is 0 Å². The highest BCUT2D eigenvalue weighted by molar-refractivity contribution is 7.80. The van der Waals surface area contributed by atoms with Crippen LogP contribution in [0.3, 0.4) is 0 Å². The van der Waals surface area contributed by atoms with E-state index in [1.807, 2.05) is 66.9 Å². The second kappa shape index (κ2) is 9.88. The molecule has 0 spiro atoms. The van der Waals surface area contributed by atoms with E-state index in [-0.39, 0.29) is 12.1 Å². The maximum atomic E-state index is 6.37. The molecular weight excluding hydrogens is 428 g/mol. The number of thiocarbonyl (C=S) groups is 1. The molecule has 0 saturated carbocycles. The predicted molar refractivity (Wildman–Crippen MR) is 136 cm³/mol. The summed E-state index contributed by atoms with van der Waals surface area (Å²) in [5.74, 6) is 1.74. The molecule has 4 aromatic rings. The van der Waals surface area contributed by atoms with Crippen molar-refractivity contribution in [3.05, 3.63) is 109 Å². The molecule has 5 rings (SSSR count). The summed E-state index contributed by atoms with van der Waals surface area (Å²) in [7, 11) is 0. The van der Waals surface area contributed by atoms with Gasteiger partial charge in [-0.05, 0) is 55.0 Å². The Morgan fingerprint density at radius 1 is 0.909 bits per heavy atom. The van der Waals surface area contributed by atoms with Gasteiger partial charge in [0.15, 0.2) is 5.11 Å². The van der Waals surface area contributed by atoms with Gasteiger partial charge < -0.3 is 20.0 Å². The summed E-state index contributed by atoms with van der Waals surface area (Å²) in [6.07, 6.45) is 2.76. The number of pyridine rings is 1. The van der Waals surface area contributed by atoms with E-state index in [1.165, 1.54) is 0 Å². The topological polar surface area (TPSA) is 53.3 Å². The van der Waals surface area contributed by atoms with E-state index >= 15 is 0 Å². The number of nitrogens with one attached hydrogen (secondary N) is 2. The Labute approximate surface area is 199 Å². The Morgan fingerprint density at radius 2 is 1.67 bits per heavy atom. The number of hydrogen-bond donors (Lipinski definition) is 2. The van der Waals surface area contributed by atoms with Gasteiger partial charge in [0.1, 0.15) is 17.6 Å². The molecule has 166 valence electrons. The molecule has 2 aromatic heterocycles. The minimum Gasteiger partial charge on any atom is -0.459 e. The molecule has 3 heterocycles. The Kier molecular flexibility index (Phi) is 6.35. The van der Waals surface area contributed by atoms with E-state index in [0.717, 1.165) is 53.1 Å². The molecule has 2 N–H and O–H groups in total. The van der Waals surface area contributed by atoms with E-state index in [9.17, 15) is 0 Å². The number of nitrogens with zero attached hydrogens (tertiary/aromatic N) is 2. The van der Waals surface area contributed by atoms with Crippen LogP contribution in [0.5, 0.6) is 0 Å². The highest BCUT2D eigenvalue weighted by Gasteiger charge is 2.41. The Balaban J connectivity index is 1.37. The molecule has 5 nitrogen and oxygen atoms in total. The van der Waals surface area contributed by atoms with Crippen LogP contribution in [-0.4, -0.2) is 28.1 Å². The number of hydrogen-bond acceptors (Lipinski definition) is 4. The molecule has 0 radical (unpaired) electrons. The Bertz CT molecular complexity index is 1180. The third-order valence-corrected chi connectivity index (χ3v) is 6.21. The van der Waals surface area contributed by atoms with Crippen LogP contribution in [0.1, 0.15) is 30.0 Å². The van der Waals surface area contributed by atoms with E-state index in [0.29, 0.717) is 0 Å². The van der Waals surface area contributed by atoms with Crippen LogP contribution in [0, 0.1) is 0 Å². The van der Waals surface area contributed by atoms with Crippen molar-refractivity contribution in [3.8, 4) is 11.3 Å². The van der Waals surface area contributed by atoms with Crippen LogP contribution in [0.2, 0.25) is 0 Å². The second-order valence-corrected chi connectivity index (χ2v) is 8.42. The standard InChI is InChI=1S/C27H26N4OS/c33-27-30-25(22-14-7-8-17-29-22)26(24-16-15-23(32-24)20-10-3-1-4-11-20)31(27)19-9-18-28-21-12-5-2-6-13-21/h1-8,10-17,25-26,28H,9,18-19H2,(H,30,33)/t25-,26-/m0/s1. The zero-order valence-corrected chi connectivity index (χ0v) is 19.0. The fourth-order valence-electron chi connectivity index (χ4n) is 4.26. The van der Waals surface area contributed by atoms with Crippen molar-refractivity contribution >= 4 is 23.0 Å². The van der Waals surface area contributed by atoms with Gasteiger partial charge in [-0.1, -0.05) is 54.6 Å². The summed E-state index contributed by atoms with van der Waals surface area (Å²) in [4.78, 5) is 6.83.